The average molecular weight is 466 g/mol. The number of benzene rings is 3. The van der Waals surface area contributed by atoms with E-state index in [2.05, 4.69) is 21.6 Å². The van der Waals surface area contributed by atoms with Crippen LogP contribution in [0.25, 0.3) is 10.2 Å². The number of aromatic nitrogens is 1. The maximum Gasteiger partial charge on any atom is 0.271 e. The summed E-state index contributed by atoms with van der Waals surface area (Å²) in [6.45, 7) is 0. The number of ether oxygens (including phenoxy) is 1. The second kappa shape index (κ2) is 9.71. The van der Waals surface area contributed by atoms with Crippen LogP contribution in [0.2, 0.25) is 0 Å². The van der Waals surface area contributed by atoms with Crippen molar-refractivity contribution >= 4 is 45.4 Å². The summed E-state index contributed by atoms with van der Waals surface area (Å²) >= 11 is 3.34. The fourth-order valence-electron chi connectivity index (χ4n) is 2.88. The lowest BCUT2D eigenvalue weighted by Gasteiger charge is -2.06. The molecule has 0 spiro atoms. The normalized spacial score (nSPS) is 11.2. The van der Waals surface area contributed by atoms with E-state index in [9.17, 15) is 15.0 Å². The molecule has 0 saturated carbocycles. The molecule has 162 valence electrons. The first kappa shape index (κ1) is 21.7. The summed E-state index contributed by atoms with van der Waals surface area (Å²) < 4.78 is 7.16. The Balaban J connectivity index is 1.33. The number of carbonyl (C=O) groups is 1. The number of phenolic OH excluding ortho intramolecular Hbond substituents is 2. The molecule has 1 heterocycles. The van der Waals surface area contributed by atoms with Gasteiger partial charge in [-0.05, 0) is 42.0 Å². The lowest BCUT2D eigenvalue weighted by Crippen LogP contribution is -2.17. The third-order valence-electron chi connectivity index (χ3n) is 4.53. The Morgan fingerprint density at radius 2 is 1.97 bits per heavy atom. The molecule has 7 nitrogen and oxygen atoms in total. The summed E-state index contributed by atoms with van der Waals surface area (Å²) in [5.41, 5.74) is 5.47. The molecule has 4 aromatic rings. The van der Waals surface area contributed by atoms with Crippen molar-refractivity contribution in [1.29, 1.82) is 0 Å². The van der Waals surface area contributed by atoms with Gasteiger partial charge < -0.3 is 14.9 Å². The zero-order valence-corrected chi connectivity index (χ0v) is 18.6. The Morgan fingerprint density at radius 3 is 2.72 bits per heavy atom. The molecule has 4 rings (SSSR count). The molecule has 32 heavy (non-hydrogen) atoms. The molecular formula is C23H19N3O4S2. The number of hydrogen-bond acceptors (Lipinski definition) is 8. The summed E-state index contributed by atoms with van der Waals surface area (Å²) in [5, 5.41) is 23.2. The predicted octanol–water partition coefficient (Wildman–Crippen LogP) is 4.77. The Kier molecular flexibility index (Phi) is 6.58. The Morgan fingerprint density at radius 1 is 1.19 bits per heavy atom. The van der Waals surface area contributed by atoms with Crippen molar-refractivity contribution in [2.24, 2.45) is 5.10 Å². The molecule has 0 saturated heterocycles. The number of phenols is 2. The van der Waals surface area contributed by atoms with Crippen molar-refractivity contribution in [3.8, 4) is 17.2 Å². The molecular weight excluding hydrogens is 446 g/mol. The highest BCUT2D eigenvalue weighted by atomic mass is 32.2. The van der Waals surface area contributed by atoms with Crippen LogP contribution in [0.3, 0.4) is 0 Å². The molecule has 3 aromatic carbocycles. The van der Waals surface area contributed by atoms with Gasteiger partial charge in [-0.25, -0.2) is 10.4 Å². The molecule has 0 atom stereocenters. The number of nitrogens with zero attached hydrogens (tertiary/aromatic N) is 2. The number of hydrogen-bond donors (Lipinski definition) is 3. The van der Waals surface area contributed by atoms with E-state index in [-0.39, 0.29) is 23.2 Å². The standard InChI is InChI=1S/C23H19N3O4S2/c1-30-19-11-15(10-18(27)21(19)28)12-24-26-22(29)16-8-6-14(7-9-16)13-31-23-25-17-4-2-3-5-20(17)32-23/h2-12,27-28H,13H2,1H3,(H,26,29)/b24-12+. The SMILES string of the molecule is COc1cc(/C=N/NC(=O)c2ccc(CSc3nc4ccccc4s3)cc2)cc(O)c1O. The topological polar surface area (TPSA) is 104 Å². The maximum absolute atomic E-state index is 12.3. The number of nitrogens with one attached hydrogen (secondary N) is 1. The lowest BCUT2D eigenvalue weighted by atomic mass is 10.1. The van der Waals surface area contributed by atoms with Gasteiger partial charge in [0.25, 0.3) is 5.91 Å². The second-order valence-electron chi connectivity index (χ2n) is 6.72. The average Bonchev–Trinajstić information content (AvgIpc) is 3.23. The first-order valence-corrected chi connectivity index (χ1v) is 11.3. The van der Waals surface area contributed by atoms with Gasteiger partial charge in [0.05, 0.1) is 23.5 Å². The third kappa shape index (κ3) is 5.01. The Hall–Kier alpha value is -3.56. The quantitative estimate of drug-likeness (QED) is 0.157. The predicted molar refractivity (Wildman–Crippen MR) is 127 cm³/mol. The smallest absolute Gasteiger partial charge is 0.271 e. The molecule has 0 aliphatic rings. The number of para-hydroxylation sites is 1. The van der Waals surface area contributed by atoms with Gasteiger partial charge in [-0.15, -0.1) is 11.3 Å². The van der Waals surface area contributed by atoms with Gasteiger partial charge in [-0.2, -0.15) is 5.10 Å². The molecule has 0 unspecified atom stereocenters. The highest BCUT2D eigenvalue weighted by Gasteiger charge is 2.09. The monoisotopic (exact) mass is 465 g/mol. The van der Waals surface area contributed by atoms with Crippen LogP contribution in [-0.4, -0.2) is 34.4 Å². The third-order valence-corrected chi connectivity index (χ3v) is 6.78. The van der Waals surface area contributed by atoms with Crippen LogP contribution in [0.15, 0.2) is 70.1 Å². The van der Waals surface area contributed by atoms with E-state index >= 15 is 0 Å². The summed E-state index contributed by atoms with van der Waals surface area (Å²) in [5.74, 6) is -0.184. The second-order valence-corrected chi connectivity index (χ2v) is 8.98. The Labute approximate surface area is 192 Å². The van der Waals surface area contributed by atoms with Gasteiger partial charge in [-0.1, -0.05) is 36.0 Å². The molecule has 1 amide bonds. The summed E-state index contributed by atoms with van der Waals surface area (Å²) in [4.78, 5) is 16.9. The van der Waals surface area contributed by atoms with Crippen LogP contribution in [0.1, 0.15) is 21.5 Å². The van der Waals surface area contributed by atoms with E-state index in [1.807, 2.05) is 30.3 Å². The zero-order chi connectivity index (χ0) is 22.5. The first-order valence-electron chi connectivity index (χ1n) is 9.54. The first-order chi connectivity index (χ1) is 15.5. The van der Waals surface area contributed by atoms with Crippen molar-refractivity contribution in [3.05, 3.63) is 77.4 Å². The largest absolute Gasteiger partial charge is 0.504 e. The number of aromatic hydroxyl groups is 2. The lowest BCUT2D eigenvalue weighted by molar-refractivity contribution is 0.0955. The molecule has 0 radical (unpaired) electrons. The summed E-state index contributed by atoms with van der Waals surface area (Å²) in [7, 11) is 1.37. The highest BCUT2D eigenvalue weighted by molar-refractivity contribution is 8.00. The van der Waals surface area contributed by atoms with Gasteiger partial charge in [0.1, 0.15) is 0 Å². The molecule has 0 aliphatic carbocycles. The van der Waals surface area contributed by atoms with Crippen LogP contribution >= 0.6 is 23.1 Å². The van der Waals surface area contributed by atoms with Crippen molar-refractivity contribution in [2.45, 2.75) is 10.1 Å². The number of amides is 1. The minimum atomic E-state index is -0.360. The fourth-order valence-corrected chi connectivity index (χ4v) is 4.91. The van der Waals surface area contributed by atoms with Crippen LogP contribution in [0, 0.1) is 0 Å². The van der Waals surface area contributed by atoms with Gasteiger partial charge in [0, 0.05) is 16.9 Å². The number of hydrazone groups is 1. The summed E-state index contributed by atoms with van der Waals surface area (Å²) in [6, 6.07) is 18.2. The Bertz CT molecular complexity index is 1250. The van der Waals surface area contributed by atoms with E-state index in [0.717, 1.165) is 21.2 Å². The molecule has 9 heteroatoms. The van der Waals surface area contributed by atoms with E-state index in [1.54, 1.807) is 35.2 Å². The number of rotatable bonds is 7. The van der Waals surface area contributed by atoms with Crippen LogP contribution in [-0.2, 0) is 5.75 Å². The van der Waals surface area contributed by atoms with Crippen molar-refractivity contribution < 1.29 is 19.7 Å². The number of methoxy groups -OCH3 is 1. The molecule has 1 aromatic heterocycles. The van der Waals surface area contributed by atoms with Crippen molar-refractivity contribution in [1.82, 2.24) is 10.4 Å². The van der Waals surface area contributed by atoms with Gasteiger partial charge in [-0.3, -0.25) is 4.79 Å². The van der Waals surface area contributed by atoms with Gasteiger partial charge >= 0.3 is 0 Å². The zero-order valence-electron chi connectivity index (χ0n) is 17.0. The maximum atomic E-state index is 12.3. The molecule has 0 fully saturated rings. The van der Waals surface area contributed by atoms with E-state index < -0.39 is 0 Å². The molecule has 0 bridgehead atoms. The van der Waals surface area contributed by atoms with E-state index in [4.69, 9.17) is 4.74 Å². The van der Waals surface area contributed by atoms with Crippen LogP contribution in [0.4, 0.5) is 0 Å². The fraction of sp³-hybridized carbons (Fsp3) is 0.0870. The van der Waals surface area contributed by atoms with Crippen LogP contribution < -0.4 is 10.2 Å². The molecule has 0 aliphatic heterocycles. The minimum Gasteiger partial charge on any atom is -0.504 e. The van der Waals surface area contributed by atoms with Gasteiger partial charge in [0.2, 0.25) is 5.75 Å². The number of thiazole rings is 1. The number of thioether (sulfide) groups is 1. The molecule has 3 N–H and O–H groups in total. The highest BCUT2D eigenvalue weighted by Crippen LogP contribution is 2.35. The minimum absolute atomic E-state index is 0.108. The summed E-state index contributed by atoms with van der Waals surface area (Å²) in [6.07, 6.45) is 1.35. The van der Waals surface area contributed by atoms with Crippen molar-refractivity contribution in [3.63, 3.8) is 0 Å². The van der Waals surface area contributed by atoms with Crippen molar-refractivity contribution in [2.75, 3.05) is 7.11 Å². The van der Waals surface area contributed by atoms with Crippen LogP contribution in [0.5, 0.6) is 17.2 Å². The number of fused-ring (bicyclic) bond motifs is 1. The van der Waals surface area contributed by atoms with E-state index in [0.29, 0.717) is 11.1 Å². The number of carbonyl (C=O) groups excluding carboxylic acids is 1. The van der Waals surface area contributed by atoms with Gasteiger partial charge in [0.15, 0.2) is 15.8 Å². The van der Waals surface area contributed by atoms with E-state index in [1.165, 1.54) is 30.2 Å².